The largest absolute Gasteiger partial charge is 0.487 e. The molecule has 1 N–H and O–H groups in total. The summed E-state index contributed by atoms with van der Waals surface area (Å²) in [5.41, 5.74) is 0.382. The quantitative estimate of drug-likeness (QED) is 0.644. The molecule has 0 radical (unpaired) electrons. The van der Waals surface area contributed by atoms with Crippen LogP contribution in [0, 0.1) is 11.6 Å². The van der Waals surface area contributed by atoms with Gasteiger partial charge in [0.05, 0.1) is 24.5 Å². The van der Waals surface area contributed by atoms with Crippen molar-refractivity contribution < 1.29 is 26.7 Å². The molecule has 11 heteroatoms. The molecule has 2 aromatic rings. The molecule has 0 spiro atoms. The van der Waals surface area contributed by atoms with Crippen molar-refractivity contribution in [2.75, 3.05) is 42.8 Å². The van der Waals surface area contributed by atoms with Crippen LogP contribution in [-0.2, 0) is 14.6 Å². The third-order valence-corrected chi connectivity index (χ3v) is 7.56. The summed E-state index contributed by atoms with van der Waals surface area (Å²) in [5, 5.41) is 2.59. The minimum absolute atomic E-state index is 0.0392. The summed E-state index contributed by atoms with van der Waals surface area (Å²) in [7, 11) is -3.32. The van der Waals surface area contributed by atoms with E-state index in [9.17, 15) is 17.2 Å². The van der Waals surface area contributed by atoms with Crippen LogP contribution < -0.4 is 15.0 Å². The van der Waals surface area contributed by atoms with Gasteiger partial charge in [-0.25, -0.2) is 27.2 Å². The number of halogens is 2. The van der Waals surface area contributed by atoms with Crippen LogP contribution in [0.4, 0.5) is 20.4 Å². The lowest BCUT2D eigenvalue weighted by Crippen LogP contribution is -2.39. The Morgan fingerprint density at radius 3 is 2.64 bits per heavy atom. The highest BCUT2D eigenvalue weighted by Gasteiger charge is 2.28. The fourth-order valence-electron chi connectivity index (χ4n) is 3.92. The van der Waals surface area contributed by atoms with Gasteiger partial charge in [-0.05, 0) is 25.5 Å². The zero-order valence-electron chi connectivity index (χ0n) is 18.6. The average molecular weight is 483 g/mol. The fraction of sp³-hybridized carbons (Fsp3) is 0.545. The van der Waals surface area contributed by atoms with E-state index in [2.05, 4.69) is 20.2 Å². The Morgan fingerprint density at radius 1 is 1.24 bits per heavy atom. The molecule has 1 aromatic carbocycles. The van der Waals surface area contributed by atoms with Crippen LogP contribution in [0.1, 0.15) is 37.1 Å². The molecule has 1 aromatic heterocycles. The highest BCUT2D eigenvalue weighted by atomic mass is 32.2. The molecule has 2 aliphatic rings. The van der Waals surface area contributed by atoms with Crippen molar-refractivity contribution in [3.8, 4) is 5.75 Å². The van der Waals surface area contributed by atoms with Crippen molar-refractivity contribution in [3.63, 3.8) is 0 Å². The van der Waals surface area contributed by atoms with E-state index >= 15 is 0 Å². The Hall–Kier alpha value is -2.53. The topological polar surface area (TPSA) is 93.7 Å². The van der Waals surface area contributed by atoms with E-state index in [1.807, 2.05) is 0 Å². The highest BCUT2D eigenvalue weighted by Crippen LogP contribution is 2.30. The van der Waals surface area contributed by atoms with E-state index in [0.717, 1.165) is 12.5 Å². The van der Waals surface area contributed by atoms with E-state index < -0.39 is 26.7 Å². The summed E-state index contributed by atoms with van der Waals surface area (Å²) in [6.45, 7) is 3.99. The van der Waals surface area contributed by atoms with Crippen LogP contribution in [-0.4, -0.2) is 63.1 Å². The smallest absolute Gasteiger partial charge is 0.171 e. The van der Waals surface area contributed by atoms with Gasteiger partial charge in [-0.2, -0.15) is 0 Å². The van der Waals surface area contributed by atoms with Crippen LogP contribution in [0.15, 0.2) is 24.4 Å². The molecule has 0 aliphatic carbocycles. The normalized spacial score (nSPS) is 20.6. The van der Waals surface area contributed by atoms with Crippen LogP contribution in [0.3, 0.4) is 0 Å². The Labute approximate surface area is 192 Å². The minimum atomic E-state index is -3.32. The number of hydrogen-bond acceptors (Lipinski definition) is 8. The lowest BCUT2D eigenvalue weighted by molar-refractivity contribution is 0.163. The Balaban J connectivity index is 1.49. The van der Waals surface area contributed by atoms with Crippen molar-refractivity contribution in [1.29, 1.82) is 0 Å². The molecule has 180 valence electrons. The monoisotopic (exact) mass is 482 g/mol. The molecule has 8 nitrogen and oxygen atoms in total. The van der Waals surface area contributed by atoms with Crippen LogP contribution in [0.25, 0.3) is 0 Å². The second kappa shape index (κ2) is 9.76. The predicted molar refractivity (Wildman–Crippen MR) is 120 cm³/mol. The first-order chi connectivity index (χ1) is 15.7. The molecule has 2 atom stereocenters. The van der Waals surface area contributed by atoms with Gasteiger partial charge in [-0.15, -0.1) is 0 Å². The van der Waals surface area contributed by atoms with Crippen molar-refractivity contribution in [2.24, 2.45) is 0 Å². The zero-order chi connectivity index (χ0) is 23.6. The lowest BCUT2D eigenvalue weighted by atomic mass is 10.1. The van der Waals surface area contributed by atoms with Crippen molar-refractivity contribution in [2.45, 2.75) is 43.6 Å². The second-order valence-corrected chi connectivity index (χ2v) is 10.9. The molecule has 0 saturated carbocycles. The van der Waals surface area contributed by atoms with E-state index in [4.69, 9.17) is 9.47 Å². The number of hydrogen-bond donors (Lipinski definition) is 1. The number of anilines is 2. The number of ether oxygens (including phenoxy) is 2. The van der Waals surface area contributed by atoms with Gasteiger partial charge < -0.3 is 19.7 Å². The number of benzene rings is 1. The average Bonchev–Trinajstić information content (AvgIpc) is 3.28. The third kappa shape index (κ3) is 5.70. The zero-order valence-corrected chi connectivity index (χ0v) is 19.4. The molecular weight excluding hydrogens is 454 g/mol. The van der Waals surface area contributed by atoms with Gasteiger partial charge in [0.2, 0.25) is 0 Å². The summed E-state index contributed by atoms with van der Waals surface area (Å²) in [6, 6.07) is 3.36. The number of rotatable bonds is 7. The minimum Gasteiger partial charge on any atom is -0.487 e. The van der Waals surface area contributed by atoms with Crippen LogP contribution in [0.2, 0.25) is 0 Å². The van der Waals surface area contributed by atoms with Gasteiger partial charge in [0, 0.05) is 44.9 Å². The molecule has 2 fully saturated rings. The lowest BCUT2D eigenvalue weighted by Gasteiger charge is -2.34. The maximum atomic E-state index is 13.9. The summed E-state index contributed by atoms with van der Waals surface area (Å²) in [5.74, 6) is -0.156. The van der Waals surface area contributed by atoms with E-state index in [1.165, 1.54) is 24.6 Å². The van der Waals surface area contributed by atoms with Crippen molar-refractivity contribution in [1.82, 2.24) is 9.97 Å². The summed E-state index contributed by atoms with van der Waals surface area (Å²) in [6.07, 6.45) is 4.54. The van der Waals surface area contributed by atoms with E-state index in [-0.39, 0.29) is 17.9 Å². The van der Waals surface area contributed by atoms with Gasteiger partial charge in [0.25, 0.3) is 0 Å². The van der Waals surface area contributed by atoms with Crippen molar-refractivity contribution >= 4 is 21.5 Å². The third-order valence-electron chi connectivity index (χ3n) is 6.03. The number of aromatic nitrogens is 2. The summed E-state index contributed by atoms with van der Waals surface area (Å²) < 4.78 is 62.3. The molecule has 2 saturated heterocycles. The number of nitrogens with zero attached hydrogens (tertiary/aromatic N) is 3. The first-order valence-electron chi connectivity index (χ1n) is 11.0. The van der Waals surface area contributed by atoms with Crippen LogP contribution in [0.5, 0.6) is 5.75 Å². The first kappa shape index (κ1) is 23.6. The molecule has 2 aliphatic heterocycles. The second-order valence-electron chi connectivity index (χ2n) is 8.52. The molecule has 33 heavy (non-hydrogen) atoms. The van der Waals surface area contributed by atoms with Gasteiger partial charge in [-0.3, -0.25) is 0 Å². The number of sulfone groups is 1. The van der Waals surface area contributed by atoms with Gasteiger partial charge in [0.1, 0.15) is 17.2 Å². The predicted octanol–water partition coefficient (Wildman–Crippen LogP) is 3.11. The SMILES string of the molecule is CC(c1cnc(N2CCC(Oc3ccc(F)cc3F)CC2)c(N[C@@H]2CCOC2)n1)S(C)(=O)=O. The number of piperidine rings is 1. The van der Waals surface area contributed by atoms with Crippen LogP contribution >= 0.6 is 0 Å². The maximum absolute atomic E-state index is 13.9. The molecule has 4 rings (SSSR count). The standard InChI is InChI=1S/C22H28F2N4O4S/c1-14(33(2,29)30)19-12-25-22(21(27-19)26-16-7-10-31-13-16)28-8-5-17(6-9-28)32-20-4-3-15(23)11-18(20)24/h3-4,11-12,14,16-17H,5-10,13H2,1-2H3,(H,26,27)/t14?,16-/m1/s1. The molecule has 3 heterocycles. The number of nitrogens with one attached hydrogen (secondary N) is 1. The summed E-state index contributed by atoms with van der Waals surface area (Å²) in [4.78, 5) is 11.2. The van der Waals surface area contributed by atoms with E-state index in [1.54, 1.807) is 6.92 Å². The fourth-order valence-corrected chi connectivity index (χ4v) is 4.47. The molecule has 0 amide bonds. The van der Waals surface area contributed by atoms with Crippen molar-refractivity contribution in [3.05, 3.63) is 41.7 Å². The maximum Gasteiger partial charge on any atom is 0.171 e. The molecule has 1 unspecified atom stereocenters. The first-order valence-corrected chi connectivity index (χ1v) is 12.9. The Morgan fingerprint density at radius 2 is 2.00 bits per heavy atom. The van der Waals surface area contributed by atoms with Gasteiger partial charge in [-0.1, -0.05) is 0 Å². The molecular formula is C22H28F2N4O4S. The Bertz CT molecular complexity index is 1090. The Kier molecular flexibility index (Phi) is 6.99. The highest BCUT2D eigenvalue weighted by molar-refractivity contribution is 7.90. The molecule has 0 bridgehead atoms. The van der Waals surface area contributed by atoms with E-state index in [0.29, 0.717) is 56.5 Å². The van der Waals surface area contributed by atoms with Gasteiger partial charge in [0.15, 0.2) is 33.0 Å². The van der Waals surface area contributed by atoms with Gasteiger partial charge >= 0.3 is 0 Å². The summed E-state index contributed by atoms with van der Waals surface area (Å²) >= 11 is 0.